The number of amides is 5. The summed E-state index contributed by atoms with van der Waals surface area (Å²) in [6.45, 7) is 5.46. The zero-order valence-corrected chi connectivity index (χ0v) is 31.4. The Morgan fingerprint density at radius 1 is 1.04 bits per heavy atom. The number of alkyl carbamates (subject to hydrolysis) is 1. The first-order valence-corrected chi connectivity index (χ1v) is 18.7. The maximum absolute atomic E-state index is 14.3. The summed E-state index contributed by atoms with van der Waals surface area (Å²) in [4.78, 5) is 78.6. The van der Waals surface area contributed by atoms with Gasteiger partial charge >= 0.3 is 18.2 Å². The molecule has 0 aromatic heterocycles. The fraction of sp³-hybridized carbons (Fsp3) is 0.500. The second kappa shape index (κ2) is 17.8. The number of nitrogens with one attached hydrogen (secondary N) is 2. The molecule has 15 heteroatoms. The third kappa shape index (κ3) is 11.3. The predicted molar refractivity (Wildman–Crippen MR) is 197 cm³/mol. The number of allylic oxidation sites excluding steroid dienone is 2. The van der Waals surface area contributed by atoms with E-state index in [-0.39, 0.29) is 62.3 Å². The fourth-order valence-electron chi connectivity index (χ4n) is 6.95. The molecule has 3 aliphatic rings. The van der Waals surface area contributed by atoms with Crippen LogP contribution in [0, 0.1) is 17.7 Å². The van der Waals surface area contributed by atoms with Crippen LogP contribution in [0.4, 0.5) is 14.0 Å². The number of carboxylic acid groups (broad SMARTS) is 1. The molecule has 2 aromatic rings. The summed E-state index contributed by atoms with van der Waals surface area (Å²) in [5.41, 5.74) is 6.85. The number of primary amides is 1. The van der Waals surface area contributed by atoms with E-state index in [4.69, 9.17) is 20.3 Å². The Bertz CT molecular complexity index is 1810. The molecule has 1 unspecified atom stereocenters. The first-order valence-electron chi connectivity index (χ1n) is 18.7. The van der Waals surface area contributed by atoms with Crippen LogP contribution in [0.2, 0.25) is 0 Å². The summed E-state index contributed by atoms with van der Waals surface area (Å²) < 4.78 is 25.3. The van der Waals surface area contributed by atoms with Crippen molar-refractivity contribution in [3.63, 3.8) is 0 Å². The van der Waals surface area contributed by atoms with Gasteiger partial charge in [0.1, 0.15) is 29.6 Å². The van der Waals surface area contributed by atoms with Crippen molar-refractivity contribution < 1.29 is 47.7 Å². The van der Waals surface area contributed by atoms with Crippen LogP contribution >= 0.6 is 0 Å². The molecule has 1 saturated carbocycles. The van der Waals surface area contributed by atoms with Crippen molar-refractivity contribution in [3.8, 4) is 0 Å². The topological polar surface area (TPSA) is 198 Å². The standard InChI is InChI=1S/C40H50FN5O9/c1-40(2,3)55-38(52)44-32(16-8-6-4-5-7-12-25-18-29(25)35(48)43-20-24-11-9-13-26(17-24)37(50)51)36(49)46-22-28(19-33(46)34(42)47)54-39(53)45-21-27-14-10-15-31(41)30(27)23-45/h7,9-15,17,25,28-29,32-33H,4-6,8,16,18-23H2,1-3H3,(H2,42,47)(H,43,48)(H,44,52)(H,50,51)/b12-7-/t25?,28-,29+,32+,33+/m1/s1. The maximum atomic E-state index is 14.3. The molecule has 1 aliphatic carbocycles. The lowest BCUT2D eigenvalue weighted by atomic mass is 10.0. The lowest BCUT2D eigenvalue weighted by Crippen LogP contribution is -2.53. The van der Waals surface area contributed by atoms with Gasteiger partial charge in [-0.25, -0.2) is 18.8 Å². The smallest absolute Gasteiger partial charge is 0.410 e. The highest BCUT2D eigenvalue weighted by molar-refractivity contribution is 5.91. The number of unbranched alkanes of at least 4 members (excludes halogenated alkanes) is 3. The van der Waals surface area contributed by atoms with Crippen LogP contribution in [0.5, 0.6) is 0 Å². The third-order valence-electron chi connectivity index (χ3n) is 9.88. The average Bonchev–Trinajstić information content (AvgIpc) is 3.54. The Morgan fingerprint density at radius 3 is 2.51 bits per heavy atom. The molecule has 5 rings (SSSR count). The molecule has 2 aliphatic heterocycles. The molecule has 1 saturated heterocycles. The largest absolute Gasteiger partial charge is 0.478 e. The van der Waals surface area contributed by atoms with Gasteiger partial charge in [-0.15, -0.1) is 0 Å². The van der Waals surface area contributed by atoms with Crippen molar-refractivity contribution in [2.24, 2.45) is 17.6 Å². The molecule has 2 heterocycles. The molecule has 2 fully saturated rings. The van der Waals surface area contributed by atoms with Crippen LogP contribution in [0.25, 0.3) is 0 Å². The summed E-state index contributed by atoms with van der Waals surface area (Å²) in [6.07, 6.45) is 5.57. The quantitative estimate of drug-likeness (QED) is 0.146. The van der Waals surface area contributed by atoms with Gasteiger partial charge < -0.3 is 35.8 Å². The van der Waals surface area contributed by atoms with Crippen LogP contribution in [0.15, 0.2) is 54.6 Å². The Labute approximate surface area is 319 Å². The number of likely N-dealkylation sites (tertiary alicyclic amines) is 1. The number of halogens is 1. The van der Waals surface area contributed by atoms with E-state index in [1.165, 1.54) is 21.9 Å². The van der Waals surface area contributed by atoms with Gasteiger partial charge in [-0.3, -0.25) is 19.3 Å². The zero-order chi connectivity index (χ0) is 39.9. The molecule has 5 N–H and O–H groups in total. The summed E-state index contributed by atoms with van der Waals surface area (Å²) in [5, 5.41) is 14.7. The van der Waals surface area contributed by atoms with Gasteiger partial charge in [0.15, 0.2) is 0 Å². The van der Waals surface area contributed by atoms with Gasteiger partial charge in [0.25, 0.3) is 0 Å². The monoisotopic (exact) mass is 763 g/mol. The fourth-order valence-corrected chi connectivity index (χ4v) is 6.95. The number of fused-ring (bicyclic) bond motifs is 1. The van der Waals surface area contributed by atoms with Crippen LogP contribution in [0.1, 0.15) is 92.8 Å². The van der Waals surface area contributed by atoms with Crippen LogP contribution in [-0.4, -0.2) is 81.1 Å². The van der Waals surface area contributed by atoms with E-state index in [9.17, 15) is 33.2 Å². The highest BCUT2D eigenvalue weighted by atomic mass is 19.1. The highest BCUT2D eigenvalue weighted by Crippen LogP contribution is 2.40. The summed E-state index contributed by atoms with van der Waals surface area (Å²) in [6, 6.07) is 9.00. The second-order valence-corrected chi connectivity index (χ2v) is 15.4. The molecular formula is C40H50FN5O9. The Hall–Kier alpha value is -5.47. The molecule has 14 nitrogen and oxygen atoms in total. The minimum absolute atomic E-state index is 0.0162. The Kier molecular flexibility index (Phi) is 13.2. The number of nitrogens with two attached hydrogens (primary N) is 1. The van der Waals surface area contributed by atoms with Crippen molar-refractivity contribution in [1.82, 2.24) is 20.4 Å². The van der Waals surface area contributed by atoms with E-state index in [0.29, 0.717) is 23.1 Å². The molecule has 2 aromatic carbocycles. The van der Waals surface area contributed by atoms with Crippen molar-refractivity contribution in [1.29, 1.82) is 0 Å². The van der Waals surface area contributed by atoms with Crippen LogP contribution in [0.3, 0.4) is 0 Å². The summed E-state index contributed by atoms with van der Waals surface area (Å²) in [5.74, 6) is -2.80. The van der Waals surface area contributed by atoms with E-state index < -0.39 is 59.6 Å². The van der Waals surface area contributed by atoms with Gasteiger partial charge in [-0.05, 0) is 81.7 Å². The number of carbonyl (C=O) groups is 6. The molecule has 0 radical (unpaired) electrons. The van der Waals surface area contributed by atoms with Gasteiger partial charge in [-0.1, -0.05) is 49.3 Å². The number of nitrogens with zero attached hydrogens (tertiary/aromatic N) is 2. The Balaban J connectivity index is 1.09. The van der Waals surface area contributed by atoms with Crippen molar-refractivity contribution in [2.75, 3.05) is 6.54 Å². The van der Waals surface area contributed by atoms with Gasteiger partial charge in [0.2, 0.25) is 17.7 Å². The first-order chi connectivity index (χ1) is 26.1. The number of hydrogen-bond donors (Lipinski definition) is 4. The lowest BCUT2D eigenvalue weighted by molar-refractivity contribution is -0.139. The van der Waals surface area contributed by atoms with Crippen molar-refractivity contribution in [3.05, 3.63) is 82.7 Å². The normalized spacial score (nSPS) is 20.8. The first kappa shape index (κ1) is 40.7. The summed E-state index contributed by atoms with van der Waals surface area (Å²) in [7, 11) is 0. The number of benzene rings is 2. The molecule has 0 bridgehead atoms. The molecule has 5 amide bonds. The van der Waals surface area contributed by atoms with Crippen LogP contribution < -0.4 is 16.4 Å². The lowest BCUT2D eigenvalue weighted by Gasteiger charge is -2.28. The zero-order valence-electron chi connectivity index (χ0n) is 31.4. The number of aromatic carboxylic acids is 1. The summed E-state index contributed by atoms with van der Waals surface area (Å²) >= 11 is 0. The molecule has 55 heavy (non-hydrogen) atoms. The van der Waals surface area contributed by atoms with Crippen molar-refractivity contribution in [2.45, 2.75) is 109 Å². The van der Waals surface area contributed by atoms with Crippen LogP contribution in [-0.2, 0) is 43.5 Å². The number of ether oxygens (including phenoxy) is 2. The molecule has 0 spiro atoms. The van der Waals surface area contributed by atoms with E-state index >= 15 is 0 Å². The average molecular weight is 764 g/mol. The van der Waals surface area contributed by atoms with Gasteiger partial charge in [0.05, 0.1) is 18.7 Å². The Morgan fingerprint density at radius 2 is 1.80 bits per heavy atom. The van der Waals surface area contributed by atoms with E-state index in [1.807, 2.05) is 12.2 Å². The number of carboxylic acids is 1. The highest BCUT2D eigenvalue weighted by Gasteiger charge is 2.44. The SMILES string of the molecule is CC(C)(C)OC(=O)N[C@@H](CCCCC/C=C\C1C[C@@H]1C(=O)NCc1cccc(C(=O)O)c1)C(=O)N1C[C@H](OC(=O)N2Cc3cccc(F)c3C2)C[C@H]1C(N)=O. The van der Waals surface area contributed by atoms with E-state index in [1.54, 1.807) is 51.1 Å². The van der Waals surface area contributed by atoms with Crippen molar-refractivity contribution >= 4 is 35.9 Å². The second-order valence-electron chi connectivity index (χ2n) is 15.4. The third-order valence-corrected chi connectivity index (χ3v) is 9.88. The van der Waals surface area contributed by atoms with Gasteiger partial charge in [-0.2, -0.15) is 0 Å². The van der Waals surface area contributed by atoms with Gasteiger partial charge in [0, 0.05) is 31.0 Å². The minimum atomic E-state index is -1.07. The van der Waals surface area contributed by atoms with E-state index in [0.717, 1.165) is 25.7 Å². The van der Waals surface area contributed by atoms with E-state index in [2.05, 4.69) is 10.6 Å². The molecule has 5 atom stereocenters. The molecular weight excluding hydrogens is 713 g/mol. The minimum Gasteiger partial charge on any atom is -0.478 e. The number of carbonyl (C=O) groups excluding carboxylic acids is 5. The maximum Gasteiger partial charge on any atom is 0.410 e. The predicted octanol–water partition coefficient (Wildman–Crippen LogP) is 4.78. The molecule has 296 valence electrons. The number of rotatable bonds is 15. The number of hydrogen-bond acceptors (Lipinski definition) is 8.